The number of nitrogens with zero attached hydrogens (tertiary/aromatic N) is 3. The van der Waals surface area contributed by atoms with E-state index >= 15 is 0 Å². The van der Waals surface area contributed by atoms with Gasteiger partial charge in [0.05, 0.1) is 0 Å². The van der Waals surface area contributed by atoms with Crippen molar-refractivity contribution in [1.29, 1.82) is 0 Å². The fourth-order valence-corrected chi connectivity index (χ4v) is 2.96. The molecule has 4 rings (SSSR count). The molecule has 2 N–H and O–H groups in total. The highest BCUT2D eigenvalue weighted by Crippen LogP contribution is 2.23. The van der Waals surface area contributed by atoms with Gasteiger partial charge in [-0.3, -0.25) is 0 Å². The molecule has 4 aromatic rings. The monoisotopic (exact) mass is 357 g/mol. The molecular weight excluding hydrogens is 338 g/mol. The minimum Gasteiger partial charge on any atom is -0.336 e. The van der Waals surface area contributed by atoms with Gasteiger partial charge in [0.15, 0.2) is 5.65 Å². The lowest BCUT2D eigenvalue weighted by Gasteiger charge is -2.11. The van der Waals surface area contributed by atoms with Crippen LogP contribution in [-0.4, -0.2) is 27.1 Å². The molecule has 0 aliphatic carbocycles. The Morgan fingerprint density at radius 3 is 2.44 bits per heavy atom. The van der Waals surface area contributed by atoms with Crippen molar-refractivity contribution in [2.75, 3.05) is 11.9 Å². The van der Waals surface area contributed by atoms with E-state index in [4.69, 9.17) is 4.98 Å². The fraction of sp³-hybridized carbons (Fsp3) is 0.0952. The molecule has 0 atom stereocenters. The summed E-state index contributed by atoms with van der Waals surface area (Å²) in [7, 11) is 0. The second kappa shape index (κ2) is 7.70. The number of urea groups is 1. The maximum Gasteiger partial charge on any atom is 0.319 e. The highest BCUT2D eigenvalue weighted by molar-refractivity contribution is 5.89. The van der Waals surface area contributed by atoms with E-state index in [1.54, 1.807) is 6.20 Å². The number of amides is 2. The predicted molar refractivity (Wildman–Crippen MR) is 106 cm³/mol. The number of anilines is 1. The molecule has 0 saturated carbocycles. The van der Waals surface area contributed by atoms with Crippen LogP contribution in [0.1, 0.15) is 0 Å². The topological polar surface area (TPSA) is 71.8 Å². The lowest BCUT2D eigenvalue weighted by molar-refractivity contribution is 0.251. The summed E-state index contributed by atoms with van der Waals surface area (Å²) >= 11 is 0. The van der Waals surface area contributed by atoms with Crippen LogP contribution in [0.15, 0.2) is 79.0 Å². The van der Waals surface area contributed by atoms with Crippen molar-refractivity contribution in [2.45, 2.75) is 6.54 Å². The van der Waals surface area contributed by atoms with E-state index in [0.29, 0.717) is 13.1 Å². The van der Waals surface area contributed by atoms with Crippen LogP contribution in [0.25, 0.3) is 22.6 Å². The van der Waals surface area contributed by atoms with Gasteiger partial charge in [-0.15, -0.1) is 0 Å². The zero-order valence-electron chi connectivity index (χ0n) is 14.7. The van der Waals surface area contributed by atoms with Gasteiger partial charge in [-0.1, -0.05) is 48.5 Å². The number of imidazole rings is 1. The Labute approximate surface area is 156 Å². The lowest BCUT2D eigenvalue weighted by atomic mass is 10.2. The van der Waals surface area contributed by atoms with Crippen molar-refractivity contribution >= 4 is 22.9 Å². The molecule has 0 radical (unpaired) electrons. The molecule has 134 valence electrons. The van der Waals surface area contributed by atoms with Crippen LogP contribution < -0.4 is 10.6 Å². The van der Waals surface area contributed by atoms with E-state index in [-0.39, 0.29) is 6.03 Å². The van der Waals surface area contributed by atoms with Crippen molar-refractivity contribution in [1.82, 2.24) is 19.9 Å². The number of carbonyl (C=O) groups is 1. The number of benzene rings is 2. The Hall–Kier alpha value is -3.67. The predicted octanol–water partition coefficient (Wildman–Crippen LogP) is 3.92. The quantitative estimate of drug-likeness (QED) is 0.569. The van der Waals surface area contributed by atoms with Crippen LogP contribution >= 0.6 is 0 Å². The van der Waals surface area contributed by atoms with Gasteiger partial charge in [0.2, 0.25) is 0 Å². The van der Waals surface area contributed by atoms with E-state index in [0.717, 1.165) is 28.2 Å². The molecule has 0 aliphatic heterocycles. The third kappa shape index (κ3) is 3.79. The summed E-state index contributed by atoms with van der Waals surface area (Å²) in [5, 5.41) is 5.70. The summed E-state index contributed by atoms with van der Waals surface area (Å²) in [6.45, 7) is 1.03. The maximum absolute atomic E-state index is 12.1. The summed E-state index contributed by atoms with van der Waals surface area (Å²) < 4.78 is 2.04. The fourth-order valence-electron chi connectivity index (χ4n) is 2.96. The Kier molecular flexibility index (Phi) is 4.78. The summed E-state index contributed by atoms with van der Waals surface area (Å²) in [6, 6.07) is 22.9. The van der Waals surface area contributed by atoms with Crippen molar-refractivity contribution < 1.29 is 4.79 Å². The van der Waals surface area contributed by atoms with Gasteiger partial charge in [0.25, 0.3) is 0 Å². The van der Waals surface area contributed by atoms with Crippen LogP contribution in [0.4, 0.5) is 10.5 Å². The number of aromatic nitrogens is 3. The Bertz CT molecular complexity index is 1040. The lowest BCUT2D eigenvalue weighted by Crippen LogP contribution is -2.31. The molecule has 2 aromatic heterocycles. The second-order valence-corrected chi connectivity index (χ2v) is 6.05. The number of fused-ring (bicyclic) bond motifs is 1. The standard InChI is InChI=1S/C21H19N5O/c27-21(24-17-10-5-2-6-11-17)23-14-15-26-19(16-8-3-1-4-9-16)25-18-12-7-13-22-20(18)26/h1-13H,14-15H2,(H2,23,24,27). The number of carbonyl (C=O) groups excluding carboxylic acids is 1. The smallest absolute Gasteiger partial charge is 0.319 e. The van der Waals surface area contributed by atoms with Crippen molar-refractivity contribution in [2.24, 2.45) is 0 Å². The molecule has 6 nitrogen and oxygen atoms in total. The maximum atomic E-state index is 12.1. The van der Waals surface area contributed by atoms with Crippen LogP contribution in [0.3, 0.4) is 0 Å². The SMILES string of the molecule is O=C(NCCn1c(-c2ccccc2)nc2cccnc21)Nc1ccccc1. The molecule has 0 aliphatic rings. The minimum atomic E-state index is -0.236. The van der Waals surface area contributed by atoms with Gasteiger partial charge in [0.1, 0.15) is 11.3 Å². The number of rotatable bonds is 5. The van der Waals surface area contributed by atoms with E-state index in [9.17, 15) is 4.79 Å². The van der Waals surface area contributed by atoms with Crippen LogP contribution in [0, 0.1) is 0 Å². The number of para-hydroxylation sites is 1. The van der Waals surface area contributed by atoms with Gasteiger partial charge in [-0.25, -0.2) is 14.8 Å². The highest BCUT2D eigenvalue weighted by Gasteiger charge is 2.13. The average molecular weight is 357 g/mol. The number of hydrogen-bond acceptors (Lipinski definition) is 3. The van der Waals surface area contributed by atoms with Crippen molar-refractivity contribution in [3.63, 3.8) is 0 Å². The molecule has 0 bridgehead atoms. The normalized spacial score (nSPS) is 10.7. The summed E-state index contributed by atoms with van der Waals surface area (Å²) in [4.78, 5) is 21.3. The van der Waals surface area contributed by atoms with Crippen molar-refractivity contribution in [3.8, 4) is 11.4 Å². The van der Waals surface area contributed by atoms with E-state index in [1.807, 2.05) is 77.4 Å². The van der Waals surface area contributed by atoms with Crippen LogP contribution in [-0.2, 0) is 6.54 Å². The van der Waals surface area contributed by atoms with Gasteiger partial charge in [0, 0.05) is 30.5 Å². The van der Waals surface area contributed by atoms with E-state index < -0.39 is 0 Å². The highest BCUT2D eigenvalue weighted by atomic mass is 16.2. The molecule has 27 heavy (non-hydrogen) atoms. The van der Waals surface area contributed by atoms with Gasteiger partial charge < -0.3 is 15.2 Å². The zero-order valence-corrected chi connectivity index (χ0v) is 14.7. The Morgan fingerprint density at radius 1 is 0.926 bits per heavy atom. The number of nitrogens with one attached hydrogen (secondary N) is 2. The van der Waals surface area contributed by atoms with Gasteiger partial charge in [-0.05, 0) is 24.3 Å². The summed E-state index contributed by atoms with van der Waals surface area (Å²) in [5.41, 5.74) is 3.42. The first kappa shape index (κ1) is 16.8. The minimum absolute atomic E-state index is 0.236. The Balaban J connectivity index is 1.50. The second-order valence-electron chi connectivity index (χ2n) is 6.05. The van der Waals surface area contributed by atoms with Gasteiger partial charge in [-0.2, -0.15) is 0 Å². The van der Waals surface area contributed by atoms with E-state index in [1.165, 1.54) is 0 Å². The molecule has 0 spiro atoms. The zero-order chi connectivity index (χ0) is 18.5. The first-order valence-corrected chi connectivity index (χ1v) is 8.78. The summed E-state index contributed by atoms with van der Waals surface area (Å²) in [5.74, 6) is 0.842. The molecule has 0 saturated heterocycles. The average Bonchev–Trinajstić information content (AvgIpc) is 3.08. The van der Waals surface area contributed by atoms with E-state index in [2.05, 4.69) is 15.6 Å². The molecule has 0 fully saturated rings. The van der Waals surface area contributed by atoms with Crippen LogP contribution in [0.5, 0.6) is 0 Å². The largest absolute Gasteiger partial charge is 0.336 e. The molecular formula is C21H19N5O. The van der Waals surface area contributed by atoms with Crippen molar-refractivity contribution in [3.05, 3.63) is 79.0 Å². The molecule has 2 aromatic carbocycles. The number of hydrogen-bond donors (Lipinski definition) is 2. The first-order chi connectivity index (χ1) is 13.3. The van der Waals surface area contributed by atoms with Crippen LogP contribution in [0.2, 0.25) is 0 Å². The first-order valence-electron chi connectivity index (χ1n) is 8.78. The third-order valence-electron chi connectivity index (χ3n) is 4.19. The number of pyridine rings is 1. The third-order valence-corrected chi connectivity index (χ3v) is 4.19. The summed E-state index contributed by atoms with van der Waals surface area (Å²) in [6.07, 6.45) is 1.75. The van der Waals surface area contributed by atoms with Gasteiger partial charge >= 0.3 is 6.03 Å². The Morgan fingerprint density at radius 2 is 1.67 bits per heavy atom. The molecule has 2 amide bonds. The molecule has 6 heteroatoms. The molecule has 0 unspecified atom stereocenters. The molecule has 2 heterocycles.